The fraction of sp³-hybridized carbons (Fsp3) is 0.667. The number of hydrogen-bond donors (Lipinski definition) is 1. The minimum absolute atomic E-state index is 0.100. The van der Waals surface area contributed by atoms with Gasteiger partial charge in [0.2, 0.25) is 0 Å². The van der Waals surface area contributed by atoms with Crippen molar-refractivity contribution in [3.63, 3.8) is 0 Å². The largest absolute Gasteiger partial charge is 0.371 e. The highest BCUT2D eigenvalue weighted by Crippen LogP contribution is 2.10. The van der Waals surface area contributed by atoms with Gasteiger partial charge in [-0.05, 0) is 0 Å². The van der Waals surface area contributed by atoms with Crippen molar-refractivity contribution >= 4 is 0 Å². The molecule has 2 fully saturated rings. The molecule has 0 unspecified atom stereocenters. The summed E-state index contributed by atoms with van der Waals surface area (Å²) in [7, 11) is 0. The molecule has 1 aromatic heterocycles. The Kier molecular flexibility index (Phi) is 2.26. The quantitative estimate of drug-likeness (QED) is 0.587. The van der Waals surface area contributed by atoms with Gasteiger partial charge in [0, 0.05) is 0 Å². The second-order valence-electron chi connectivity index (χ2n) is 4.15. The van der Waals surface area contributed by atoms with Gasteiger partial charge in [0.1, 0.15) is 0 Å². The molecule has 1 aromatic rings. The lowest BCUT2D eigenvalue weighted by molar-refractivity contribution is 0.352. The van der Waals surface area contributed by atoms with Crippen molar-refractivity contribution < 1.29 is 9.47 Å². The zero-order chi connectivity index (χ0) is 12.0. The molecule has 2 aliphatic rings. The van der Waals surface area contributed by atoms with Crippen LogP contribution in [-0.2, 0) is 22.6 Å². The van der Waals surface area contributed by atoms with Gasteiger partial charge in [0.25, 0.3) is 0 Å². The lowest BCUT2D eigenvalue weighted by Gasteiger charge is -2.06. The van der Waals surface area contributed by atoms with E-state index >= 15 is 0 Å². The van der Waals surface area contributed by atoms with Crippen LogP contribution in [0, 0.1) is 0 Å². The van der Waals surface area contributed by atoms with Gasteiger partial charge >= 0.3 is 17.1 Å². The van der Waals surface area contributed by atoms with Crippen molar-refractivity contribution in [1.82, 2.24) is 14.1 Å². The molecule has 8 nitrogen and oxygen atoms in total. The number of aromatic amines is 1. The third-order valence-corrected chi connectivity index (χ3v) is 2.74. The van der Waals surface area contributed by atoms with Crippen molar-refractivity contribution in [3.05, 3.63) is 31.5 Å². The minimum atomic E-state index is -0.691. The Hall–Kier alpha value is -1.67. The summed E-state index contributed by atoms with van der Waals surface area (Å²) in [5.74, 6) is 0. The predicted molar refractivity (Wildman–Crippen MR) is 55.1 cm³/mol. The molecule has 0 radical (unpaired) electrons. The highest BCUT2D eigenvalue weighted by atomic mass is 16.6. The normalized spacial score (nSPS) is 25.9. The van der Waals surface area contributed by atoms with E-state index in [0.29, 0.717) is 13.2 Å². The molecule has 3 rings (SSSR count). The van der Waals surface area contributed by atoms with Crippen molar-refractivity contribution in [3.8, 4) is 0 Å². The highest BCUT2D eigenvalue weighted by molar-refractivity contribution is 4.81. The molecule has 0 aliphatic carbocycles. The molecule has 17 heavy (non-hydrogen) atoms. The summed E-state index contributed by atoms with van der Waals surface area (Å²) in [6.07, 6.45) is -0.200. The van der Waals surface area contributed by atoms with Gasteiger partial charge in [-0.2, -0.15) is 0 Å². The molecule has 0 amide bonds. The van der Waals surface area contributed by atoms with Crippen LogP contribution in [0.1, 0.15) is 0 Å². The topological polar surface area (TPSA) is 102 Å². The van der Waals surface area contributed by atoms with E-state index in [1.165, 1.54) is 0 Å². The monoisotopic (exact) mass is 241 g/mol. The Morgan fingerprint density at radius 3 is 1.76 bits per heavy atom. The molecule has 2 aliphatic heterocycles. The van der Waals surface area contributed by atoms with Crippen molar-refractivity contribution in [2.24, 2.45) is 0 Å². The summed E-state index contributed by atoms with van der Waals surface area (Å²) in [6, 6.07) is 0. The first kappa shape index (κ1) is 10.5. The van der Waals surface area contributed by atoms with Crippen LogP contribution < -0.4 is 17.1 Å². The van der Waals surface area contributed by atoms with Crippen molar-refractivity contribution in [2.45, 2.75) is 25.3 Å². The Labute approximate surface area is 94.4 Å². The number of ether oxygens (including phenoxy) is 2. The molecule has 92 valence electrons. The van der Waals surface area contributed by atoms with Gasteiger partial charge < -0.3 is 9.47 Å². The fourth-order valence-corrected chi connectivity index (χ4v) is 1.62. The summed E-state index contributed by atoms with van der Waals surface area (Å²) in [5.41, 5.74) is -1.99. The molecular weight excluding hydrogens is 230 g/mol. The Bertz CT molecular complexity index is 555. The maximum Gasteiger partial charge on any atom is 0.336 e. The van der Waals surface area contributed by atoms with E-state index in [0.717, 1.165) is 9.13 Å². The molecule has 8 heteroatoms. The summed E-state index contributed by atoms with van der Waals surface area (Å²) < 4.78 is 11.9. The first-order chi connectivity index (χ1) is 8.15. The molecular formula is C9H11N3O5. The van der Waals surface area contributed by atoms with Crippen LogP contribution in [0.5, 0.6) is 0 Å². The van der Waals surface area contributed by atoms with Crippen LogP contribution in [0.3, 0.4) is 0 Å². The maximum absolute atomic E-state index is 11.9. The van der Waals surface area contributed by atoms with Gasteiger partial charge in [0.15, 0.2) is 0 Å². The van der Waals surface area contributed by atoms with Crippen LogP contribution >= 0.6 is 0 Å². The third-order valence-electron chi connectivity index (χ3n) is 2.74. The number of nitrogens with one attached hydrogen (secondary N) is 1. The first-order valence-electron chi connectivity index (χ1n) is 5.32. The maximum atomic E-state index is 11.9. The number of rotatable bonds is 4. The number of nitrogens with zero attached hydrogens (tertiary/aromatic N) is 2. The van der Waals surface area contributed by atoms with E-state index in [9.17, 15) is 14.4 Å². The zero-order valence-corrected chi connectivity index (χ0v) is 8.92. The minimum Gasteiger partial charge on any atom is -0.371 e. The van der Waals surface area contributed by atoms with Gasteiger partial charge in [-0.3, -0.25) is 4.98 Å². The zero-order valence-electron chi connectivity index (χ0n) is 8.92. The Morgan fingerprint density at radius 2 is 1.41 bits per heavy atom. The number of epoxide rings is 2. The van der Waals surface area contributed by atoms with Gasteiger partial charge in [-0.1, -0.05) is 0 Å². The average molecular weight is 241 g/mol. The second-order valence-corrected chi connectivity index (χ2v) is 4.15. The molecule has 2 saturated heterocycles. The van der Waals surface area contributed by atoms with Gasteiger partial charge in [-0.15, -0.1) is 0 Å². The molecule has 2 atom stereocenters. The van der Waals surface area contributed by atoms with Gasteiger partial charge in [-0.25, -0.2) is 23.5 Å². The van der Waals surface area contributed by atoms with E-state index < -0.39 is 17.1 Å². The standard InChI is InChI=1S/C9H11N3O5/c13-7-10-8(14)12(2-6-4-17-6)9(15)11(7)1-5-3-16-5/h5-6H,1-4H2,(H,10,13,14)/t5-,6-/m0/s1. The summed E-state index contributed by atoms with van der Waals surface area (Å²) in [6.45, 7) is 1.44. The Balaban J connectivity index is 2.03. The predicted octanol–water partition coefficient (Wildman–Crippen LogP) is -2.50. The molecule has 0 aromatic carbocycles. The first-order valence-corrected chi connectivity index (χ1v) is 5.32. The SMILES string of the molecule is O=c1[nH]c(=O)n(C[C@H]2CO2)c(=O)n1C[C@H]1CO1. The van der Waals surface area contributed by atoms with Crippen molar-refractivity contribution in [1.29, 1.82) is 0 Å². The van der Waals surface area contributed by atoms with Crippen LogP contribution in [0.4, 0.5) is 0 Å². The number of hydrogen-bond acceptors (Lipinski definition) is 5. The summed E-state index contributed by atoms with van der Waals surface area (Å²) in [4.78, 5) is 37.0. The van der Waals surface area contributed by atoms with E-state index in [1.54, 1.807) is 0 Å². The van der Waals surface area contributed by atoms with E-state index in [4.69, 9.17) is 9.47 Å². The summed E-state index contributed by atoms with van der Waals surface area (Å²) in [5, 5.41) is 0. The molecule has 0 spiro atoms. The third kappa shape index (κ3) is 2.08. The molecule has 1 N–H and O–H groups in total. The van der Waals surface area contributed by atoms with Crippen LogP contribution in [0.15, 0.2) is 14.4 Å². The smallest absolute Gasteiger partial charge is 0.336 e. The number of aromatic nitrogens is 3. The molecule has 0 saturated carbocycles. The lowest BCUT2D eigenvalue weighted by atomic mass is 10.4. The van der Waals surface area contributed by atoms with E-state index in [1.807, 2.05) is 0 Å². The highest BCUT2D eigenvalue weighted by Gasteiger charge is 2.28. The van der Waals surface area contributed by atoms with Crippen LogP contribution in [0.25, 0.3) is 0 Å². The number of H-pyrrole nitrogens is 1. The van der Waals surface area contributed by atoms with E-state index in [2.05, 4.69) is 4.98 Å². The average Bonchev–Trinajstić information content (AvgIpc) is 3.12. The Morgan fingerprint density at radius 1 is 1.00 bits per heavy atom. The summed E-state index contributed by atoms with van der Waals surface area (Å²) >= 11 is 0. The van der Waals surface area contributed by atoms with Crippen LogP contribution in [0.2, 0.25) is 0 Å². The fourth-order valence-electron chi connectivity index (χ4n) is 1.62. The second kappa shape index (κ2) is 3.67. The lowest BCUT2D eigenvalue weighted by Crippen LogP contribution is -2.50. The molecule has 0 bridgehead atoms. The van der Waals surface area contributed by atoms with Gasteiger partial charge in [0.05, 0.1) is 38.5 Å². The van der Waals surface area contributed by atoms with E-state index in [-0.39, 0.29) is 25.3 Å². The van der Waals surface area contributed by atoms with Crippen molar-refractivity contribution in [2.75, 3.05) is 13.2 Å². The van der Waals surface area contributed by atoms with Crippen LogP contribution in [-0.4, -0.2) is 39.5 Å². The molecule has 3 heterocycles.